The van der Waals surface area contributed by atoms with Gasteiger partial charge in [0.15, 0.2) is 17.3 Å². The lowest BCUT2D eigenvalue weighted by atomic mass is 10.0. The predicted octanol–water partition coefficient (Wildman–Crippen LogP) is 5.73. The maximum Gasteiger partial charge on any atom is 0.169 e. The molecule has 37 heavy (non-hydrogen) atoms. The van der Waals surface area contributed by atoms with Crippen LogP contribution in [0.25, 0.3) is 22.9 Å². The van der Waals surface area contributed by atoms with E-state index in [1.54, 1.807) is 18.8 Å². The fourth-order valence-electron chi connectivity index (χ4n) is 4.96. The number of allylic oxidation sites excluding steroid dienone is 4. The van der Waals surface area contributed by atoms with Crippen LogP contribution in [-0.4, -0.2) is 52.8 Å². The Hall–Kier alpha value is -3.81. The van der Waals surface area contributed by atoms with Gasteiger partial charge in [-0.3, -0.25) is 4.90 Å². The van der Waals surface area contributed by atoms with Crippen molar-refractivity contribution in [3.8, 4) is 17.1 Å². The van der Waals surface area contributed by atoms with Crippen molar-refractivity contribution in [2.24, 2.45) is 0 Å². The molecule has 190 valence electrons. The molecule has 7 heteroatoms. The molecule has 0 atom stereocenters. The molecule has 3 aliphatic rings. The first kappa shape index (κ1) is 23.6. The second-order valence-corrected chi connectivity index (χ2v) is 9.77. The molecule has 0 unspecified atom stereocenters. The summed E-state index contributed by atoms with van der Waals surface area (Å²) in [5.74, 6) is 2.26. The van der Waals surface area contributed by atoms with Crippen molar-refractivity contribution in [3.63, 3.8) is 0 Å². The minimum atomic E-state index is 0.697. The molecule has 6 rings (SSSR count). The van der Waals surface area contributed by atoms with Gasteiger partial charge in [-0.05, 0) is 81.4 Å². The summed E-state index contributed by atoms with van der Waals surface area (Å²) in [6.45, 7) is 5.21. The lowest BCUT2D eigenvalue weighted by Crippen LogP contribution is -2.28. The highest BCUT2D eigenvalue weighted by atomic mass is 16.5. The van der Waals surface area contributed by atoms with Gasteiger partial charge in [0.2, 0.25) is 0 Å². The Kier molecular flexibility index (Phi) is 6.80. The molecule has 0 N–H and O–H groups in total. The molecule has 4 heterocycles. The number of benzene rings is 1. The van der Waals surface area contributed by atoms with Crippen LogP contribution in [0.1, 0.15) is 30.4 Å². The van der Waals surface area contributed by atoms with Crippen molar-refractivity contribution < 1.29 is 13.9 Å². The van der Waals surface area contributed by atoms with Gasteiger partial charge in [-0.2, -0.15) is 5.10 Å². The standard InChI is InChI=1S/C30H32N4O3/c1-32-14-6-15-33(17-16-32)19-25-20-34(31-30(25)27-9-5-18-36-27)26-12-10-24(11-13-26)29-22-35-21-28(37-29)23-7-3-2-4-8-23/h2-3,5,7,9-13,18,20-22H,4,6,8,14-17,19H2,1H3. The minimum Gasteiger partial charge on any atom is -0.465 e. The highest BCUT2D eigenvalue weighted by Crippen LogP contribution is 2.31. The van der Waals surface area contributed by atoms with Crippen molar-refractivity contribution in [2.45, 2.75) is 25.8 Å². The molecule has 7 nitrogen and oxygen atoms in total. The number of ether oxygens (including phenoxy) is 2. The van der Waals surface area contributed by atoms with Crippen LogP contribution < -0.4 is 0 Å². The molecule has 2 aliphatic heterocycles. The van der Waals surface area contributed by atoms with Crippen LogP contribution in [0.2, 0.25) is 0 Å². The monoisotopic (exact) mass is 496 g/mol. The summed E-state index contributed by atoms with van der Waals surface area (Å²) in [7, 11) is 2.20. The van der Waals surface area contributed by atoms with Crippen molar-refractivity contribution >= 4 is 5.76 Å². The summed E-state index contributed by atoms with van der Waals surface area (Å²) < 4.78 is 19.5. The van der Waals surface area contributed by atoms with Crippen molar-refractivity contribution in [2.75, 3.05) is 33.2 Å². The third-order valence-corrected chi connectivity index (χ3v) is 7.07. The molecule has 3 aromatic rings. The van der Waals surface area contributed by atoms with Gasteiger partial charge in [0, 0.05) is 37.0 Å². The van der Waals surface area contributed by atoms with Gasteiger partial charge in [-0.1, -0.05) is 18.2 Å². The van der Waals surface area contributed by atoms with Gasteiger partial charge in [-0.25, -0.2) is 4.68 Å². The molecule has 0 bridgehead atoms. The van der Waals surface area contributed by atoms with E-state index < -0.39 is 0 Å². The smallest absolute Gasteiger partial charge is 0.169 e. The zero-order valence-electron chi connectivity index (χ0n) is 21.2. The van der Waals surface area contributed by atoms with Gasteiger partial charge < -0.3 is 18.8 Å². The summed E-state index contributed by atoms with van der Waals surface area (Å²) in [5, 5.41) is 4.93. The number of nitrogens with zero attached hydrogens (tertiary/aromatic N) is 4. The normalized spacial score (nSPS) is 18.9. The number of rotatable bonds is 6. The Labute approximate surface area is 217 Å². The Bertz CT molecular complexity index is 1350. The fourth-order valence-corrected chi connectivity index (χ4v) is 4.96. The van der Waals surface area contributed by atoms with Crippen LogP contribution in [0.15, 0.2) is 95.4 Å². The number of likely N-dealkylation sites (N-methyl/N-ethyl adjacent to an activating group) is 1. The van der Waals surface area contributed by atoms with E-state index in [-0.39, 0.29) is 0 Å². The van der Waals surface area contributed by atoms with E-state index >= 15 is 0 Å². The second-order valence-electron chi connectivity index (χ2n) is 9.77. The van der Waals surface area contributed by atoms with E-state index in [0.29, 0.717) is 5.76 Å². The zero-order valence-corrected chi connectivity index (χ0v) is 21.2. The minimum absolute atomic E-state index is 0.697. The van der Waals surface area contributed by atoms with Gasteiger partial charge >= 0.3 is 0 Å². The Morgan fingerprint density at radius 2 is 1.86 bits per heavy atom. The van der Waals surface area contributed by atoms with Gasteiger partial charge in [0.05, 0.1) is 12.0 Å². The first-order chi connectivity index (χ1) is 18.2. The first-order valence-corrected chi connectivity index (χ1v) is 13.0. The largest absolute Gasteiger partial charge is 0.465 e. The lowest BCUT2D eigenvalue weighted by molar-refractivity contribution is 0.269. The van der Waals surface area contributed by atoms with E-state index in [1.165, 1.54) is 12.0 Å². The number of aromatic nitrogens is 2. The van der Waals surface area contributed by atoms with E-state index in [9.17, 15) is 0 Å². The maximum absolute atomic E-state index is 6.18. The SMILES string of the molecule is CN1CCCN(Cc2cn(-c3ccc(C4=COC=C(C5=CC=CCC5)O4)cc3)nc2-c2ccco2)CC1. The van der Waals surface area contributed by atoms with Crippen LogP contribution in [-0.2, 0) is 16.0 Å². The summed E-state index contributed by atoms with van der Waals surface area (Å²) >= 11 is 0. The predicted molar refractivity (Wildman–Crippen MR) is 143 cm³/mol. The summed E-state index contributed by atoms with van der Waals surface area (Å²) in [6, 6.07) is 12.1. The number of hydrogen-bond donors (Lipinski definition) is 0. The molecule has 0 amide bonds. The van der Waals surface area contributed by atoms with Crippen molar-refractivity contribution in [1.82, 2.24) is 19.6 Å². The Morgan fingerprint density at radius 3 is 2.68 bits per heavy atom. The molecular formula is C30H32N4O3. The van der Waals surface area contributed by atoms with Crippen molar-refractivity contribution in [1.29, 1.82) is 0 Å². The molecule has 1 fully saturated rings. The number of furan rings is 1. The van der Waals surface area contributed by atoms with Crippen LogP contribution in [0, 0.1) is 0 Å². The number of hydrogen-bond acceptors (Lipinski definition) is 6. The molecule has 1 aliphatic carbocycles. The lowest BCUT2D eigenvalue weighted by Gasteiger charge is -2.20. The summed E-state index contributed by atoms with van der Waals surface area (Å²) in [4.78, 5) is 4.91. The summed E-state index contributed by atoms with van der Waals surface area (Å²) in [5.41, 5.74) is 5.14. The Morgan fingerprint density at radius 1 is 0.973 bits per heavy atom. The van der Waals surface area contributed by atoms with Crippen LogP contribution in [0.3, 0.4) is 0 Å². The molecule has 2 aromatic heterocycles. The first-order valence-electron chi connectivity index (χ1n) is 13.0. The van der Waals surface area contributed by atoms with Crippen LogP contribution in [0.5, 0.6) is 0 Å². The molecule has 0 radical (unpaired) electrons. The van der Waals surface area contributed by atoms with Crippen LogP contribution in [0.4, 0.5) is 0 Å². The fraction of sp³-hybridized carbons (Fsp3) is 0.300. The van der Waals surface area contributed by atoms with Gasteiger partial charge in [-0.15, -0.1) is 0 Å². The van der Waals surface area contributed by atoms with E-state index in [4.69, 9.17) is 19.0 Å². The topological polar surface area (TPSA) is 55.9 Å². The summed E-state index contributed by atoms with van der Waals surface area (Å²) in [6.07, 6.45) is 16.6. The molecule has 1 saturated heterocycles. The Balaban J connectivity index is 1.22. The molecule has 0 spiro atoms. The highest BCUT2D eigenvalue weighted by molar-refractivity contribution is 5.63. The quantitative estimate of drug-likeness (QED) is 0.434. The van der Waals surface area contributed by atoms with Gasteiger partial charge in [0.1, 0.15) is 18.2 Å². The van der Waals surface area contributed by atoms with Crippen molar-refractivity contribution in [3.05, 3.63) is 102 Å². The molecule has 1 aromatic carbocycles. The van der Waals surface area contributed by atoms with E-state index in [0.717, 1.165) is 79.6 Å². The molecular weight excluding hydrogens is 464 g/mol. The maximum atomic E-state index is 6.18. The highest BCUT2D eigenvalue weighted by Gasteiger charge is 2.20. The molecule has 0 saturated carbocycles. The third kappa shape index (κ3) is 5.33. The zero-order chi connectivity index (χ0) is 25.0. The average Bonchev–Trinajstić information content (AvgIpc) is 3.58. The van der Waals surface area contributed by atoms with E-state index in [2.05, 4.69) is 53.4 Å². The van der Waals surface area contributed by atoms with E-state index in [1.807, 2.05) is 28.9 Å². The van der Waals surface area contributed by atoms with Gasteiger partial charge in [0.25, 0.3) is 0 Å². The third-order valence-electron chi connectivity index (χ3n) is 7.07. The van der Waals surface area contributed by atoms with Crippen LogP contribution >= 0.6 is 0 Å². The average molecular weight is 497 g/mol. The second kappa shape index (κ2) is 10.7.